The van der Waals surface area contributed by atoms with Crippen LogP contribution in [-0.4, -0.2) is 38.3 Å². The van der Waals surface area contributed by atoms with E-state index in [1.807, 2.05) is 56.3 Å². The Bertz CT molecular complexity index is 1340. The number of fused-ring (bicyclic) bond motifs is 1. The minimum atomic E-state index is -3.54. The molecule has 3 aromatic carbocycles. The molecule has 1 aliphatic rings. The van der Waals surface area contributed by atoms with Gasteiger partial charge in [-0.2, -0.15) is 0 Å². The second-order valence-electron chi connectivity index (χ2n) is 8.94. The largest absolute Gasteiger partial charge is 0.467 e. The van der Waals surface area contributed by atoms with Crippen LogP contribution in [0.2, 0.25) is 0 Å². The highest BCUT2D eigenvalue weighted by Crippen LogP contribution is 2.32. The first kappa shape index (κ1) is 24.5. The second kappa shape index (κ2) is 9.92. The number of esters is 1. The van der Waals surface area contributed by atoms with E-state index < -0.39 is 22.0 Å². The Labute approximate surface area is 205 Å². The van der Waals surface area contributed by atoms with Crippen LogP contribution in [-0.2, 0) is 31.9 Å². The molecule has 0 aliphatic carbocycles. The van der Waals surface area contributed by atoms with Gasteiger partial charge in [-0.25, -0.2) is 13.2 Å². The third kappa shape index (κ3) is 5.38. The Hall–Kier alpha value is -3.65. The molecule has 4 rings (SSSR count). The highest BCUT2D eigenvalue weighted by Gasteiger charge is 2.38. The van der Waals surface area contributed by atoms with Gasteiger partial charge in [0.15, 0.2) is 0 Å². The van der Waals surface area contributed by atoms with E-state index >= 15 is 0 Å². The summed E-state index contributed by atoms with van der Waals surface area (Å²) in [5.74, 6) is -0.794. The fourth-order valence-electron chi connectivity index (χ4n) is 4.37. The zero-order chi connectivity index (χ0) is 25.2. The van der Waals surface area contributed by atoms with Crippen LogP contribution in [0.25, 0.3) is 11.1 Å². The van der Waals surface area contributed by atoms with Crippen LogP contribution in [0.3, 0.4) is 0 Å². The molecule has 0 aromatic heterocycles. The quantitative estimate of drug-likeness (QED) is 0.469. The Morgan fingerprint density at radius 3 is 2.29 bits per heavy atom. The van der Waals surface area contributed by atoms with Gasteiger partial charge >= 0.3 is 5.97 Å². The van der Waals surface area contributed by atoms with E-state index in [4.69, 9.17) is 4.74 Å². The molecule has 7 nitrogen and oxygen atoms in total. The smallest absolute Gasteiger partial charge is 0.328 e. The number of anilines is 1. The number of ether oxygens (including phenoxy) is 1. The number of carbonyl (C=O) groups excluding carboxylic acids is 2. The van der Waals surface area contributed by atoms with Crippen molar-refractivity contribution >= 4 is 27.6 Å². The topological polar surface area (TPSA) is 92.8 Å². The molecule has 35 heavy (non-hydrogen) atoms. The monoisotopic (exact) mass is 492 g/mol. The van der Waals surface area contributed by atoms with E-state index in [0.29, 0.717) is 23.4 Å². The number of hydrogen-bond donors (Lipinski definition) is 1. The van der Waals surface area contributed by atoms with Crippen molar-refractivity contribution in [2.45, 2.75) is 32.2 Å². The summed E-state index contributed by atoms with van der Waals surface area (Å²) in [6, 6.07) is 21.0. The van der Waals surface area contributed by atoms with Gasteiger partial charge in [-0.05, 0) is 52.4 Å². The molecule has 1 atom stereocenters. The van der Waals surface area contributed by atoms with Crippen LogP contribution in [0.4, 0.5) is 5.69 Å². The Kier molecular flexibility index (Phi) is 6.93. The molecule has 0 bridgehead atoms. The van der Waals surface area contributed by atoms with Crippen LogP contribution in [0.5, 0.6) is 0 Å². The highest BCUT2D eigenvalue weighted by molar-refractivity contribution is 7.91. The molecular weight excluding hydrogens is 464 g/mol. The van der Waals surface area contributed by atoms with Crippen molar-refractivity contribution in [2.24, 2.45) is 5.92 Å². The van der Waals surface area contributed by atoms with E-state index in [-0.39, 0.29) is 17.6 Å². The molecule has 8 heteroatoms. The number of carbonyl (C=O) groups is 2. The average Bonchev–Trinajstić information content (AvgIpc) is 3.14. The SMILES string of the molecule is COC(=O)C(C(C)C)N1Cc2cc(-c3ccc(NS(=O)(=O)Cc4ccccc4)cc3)ccc2C1=O. The van der Waals surface area contributed by atoms with Gasteiger partial charge in [0.25, 0.3) is 5.91 Å². The van der Waals surface area contributed by atoms with Crippen LogP contribution in [0.1, 0.15) is 35.3 Å². The highest BCUT2D eigenvalue weighted by atomic mass is 32.2. The summed E-state index contributed by atoms with van der Waals surface area (Å²) in [7, 11) is -2.21. The van der Waals surface area contributed by atoms with Gasteiger partial charge in [-0.15, -0.1) is 0 Å². The zero-order valence-electron chi connectivity index (χ0n) is 19.9. The zero-order valence-corrected chi connectivity index (χ0v) is 20.7. The lowest BCUT2D eigenvalue weighted by molar-refractivity contribution is -0.147. The van der Waals surface area contributed by atoms with Crippen LogP contribution < -0.4 is 4.72 Å². The van der Waals surface area contributed by atoms with Gasteiger partial charge in [-0.3, -0.25) is 9.52 Å². The van der Waals surface area contributed by atoms with E-state index in [1.54, 1.807) is 35.2 Å². The van der Waals surface area contributed by atoms with Crippen LogP contribution in [0.15, 0.2) is 72.8 Å². The van der Waals surface area contributed by atoms with Gasteiger partial charge in [0, 0.05) is 17.8 Å². The summed E-state index contributed by atoms with van der Waals surface area (Å²) in [5.41, 5.74) is 4.40. The maximum Gasteiger partial charge on any atom is 0.328 e. The van der Waals surface area contributed by atoms with Crippen molar-refractivity contribution in [3.63, 3.8) is 0 Å². The molecule has 0 fully saturated rings. The first-order valence-corrected chi connectivity index (χ1v) is 13.0. The van der Waals surface area contributed by atoms with Crippen molar-refractivity contribution in [3.05, 3.63) is 89.5 Å². The van der Waals surface area contributed by atoms with E-state index in [2.05, 4.69) is 4.72 Å². The first-order chi connectivity index (χ1) is 16.7. The third-order valence-corrected chi connectivity index (χ3v) is 7.30. The summed E-state index contributed by atoms with van der Waals surface area (Å²) >= 11 is 0. The Balaban J connectivity index is 1.50. The number of nitrogens with one attached hydrogen (secondary N) is 1. The standard InChI is InChI=1S/C27H28N2O5S/c1-18(2)25(27(31)34-3)29-16-22-15-21(11-14-24(22)26(29)30)20-9-12-23(13-10-20)28-35(32,33)17-19-7-5-4-6-8-19/h4-15,18,25,28H,16-17H2,1-3H3. The van der Waals surface area contributed by atoms with Crippen molar-refractivity contribution in [2.75, 3.05) is 11.8 Å². The number of hydrogen-bond acceptors (Lipinski definition) is 5. The van der Waals surface area contributed by atoms with Crippen LogP contribution >= 0.6 is 0 Å². The van der Waals surface area contributed by atoms with Crippen molar-refractivity contribution < 1.29 is 22.7 Å². The Morgan fingerprint density at radius 2 is 1.66 bits per heavy atom. The third-order valence-electron chi connectivity index (χ3n) is 6.04. The van der Waals surface area contributed by atoms with Crippen LogP contribution in [0, 0.1) is 5.92 Å². The maximum atomic E-state index is 13.0. The molecule has 1 unspecified atom stereocenters. The fourth-order valence-corrected chi connectivity index (χ4v) is 5.57. The minimum Gasteiger partial charge on any atom is -0.467 e. The molecule has 182 valence electrons. The lowest BCUT2D eigenvalue weighted by atomic mass is 10.0. The van der Waals surface area contributed by atoms with Gasteiger partial charge in [0.05, 0.1) is 12.9 Å². The first-order valence-electron chi connectivity index (χ1n) is 11.3. The molecule has 1 aliphatic heterocycles. The fraction of sp³-hybridized carbons (Fsp3) is 0.259. The number of rotatable bonds is 8. The predicted octanol–water partition coefficient (Wildman–Crippen LogP) is 4.45. The molecule has 1 amide bonds. The Morgan fingerprint density at radius 1 is 1.00 bits per heavy atom. The number of methoxy groups -OCH3 is 1. The lowest BCUT2D eigenvalue weighted by Crippen LogP contribution is -2.45. The van der Waals surface area contributed by atoms with Gasteiger partial charge in [0.2, 0.25) is 10.0 Å². The van der Waals surface area contributed by atoms with Gasteiger partial charge in [-0.1, -0.05) is 62.4 Å². The van der Waals surface area contributed by atoms with Gasteiger partial charge < -0.3 is 9.64 Å². The molecule has 0 saturated heterocycles. The molecule has 1 N–H and O–H groups in total. The van der Waals surface area contributed by atoms with Crippen molar-refractivity contribution in [1.29, 1.82) is 0 Å². The molecule has 3 aromatic rings. The average molecular weight is 493 g/mol. The molecule has 0 saturated carbocycles. The van der Waals surface area contributed by atoms with Gasteiger partial charge in [0.1, 0.15) is 6.04 Å². The molecular formula is C27H28N2O5S. The normalized spacial score (nSPS) is 14.1. The molecule has 1 heterocycles. The van der Waals surface area contributed by atoms with E-state index in [9.17, 15) is 18.0 Å². The number of amides is 1. The van der Waals surface area contributed by atoms with Crippen molar-refractivity contribution in [3.8, 4) is 11.1 Å². The summed E-state index contributed by atoms with van der Waals surface area (Å²) in [6.07, 6.45) is 0. The summed E-state index contributed by atoms with van der Waals surface area (Å²) in [5, 5.41) is 0. The van der Waals surface area contributed by atoms with E-state index in [1.165, 1.54) is 7.11 Å². The summed E-state index contributed by atoms with van der Waals surface area (Å²) < 4.78 is 32.5. The maximum absolute atomic E-state index is 13.0. The number of benzene rings is 3. The van der Waals surface area contributed by atoms with E-state index in [0.717, 1.165) is 16.7 Å². The molecule has 0 spiro atoms. The van der Waals surface area contributed by atoms with Crippen molar-refractivity contribution in [1.82, 2.24) is 4.90 Å². The minimum absolute atomic E-state index is 0.0848. The molecule has 0 radical (unpaired) electrons. The summed E-state index contributed by atoms with van der Waals surface area (Å²) in [6.45, 7) is 4.11. The summed E-state index contributed by atoms with van der Waals surface area (Å²) in [4.78, 5) is 26.8. The predicted molar refractivity (Wildman–Crippen MR) is 135 cm³/mol. The lowest BCUT2D eigenvalue weighted by Gasteiger charge is -2.28. The second-order valence-corrected chi connectivity index (χ2v) is 10.7. The number of sulfonamides is 1. The number of nitrogens with zero attached hydrogens (tertiary/aromatic N) is 1.